The SMILES string of the molecule is Cc1cccc(OCCCCC(F)(F)C(=O)c2ccccn2)c1. The Bertz CT molecular complexity index is 644. The van der Waals surface area contributed by atoms with Crippen molar-refractivity contribution in [1.29, 1.82) is 0 Å². The Hall–Kier alpha value is -2.30. The predicted octanol–water partition coefficient (Wildman–Crippen LogP) is 4.46. The molecule has 0 saturated carbocycles. The highest BCUT2D eigenvalue weighted by atomic mass is 19.3. The van der Waals surface area contributed by atoms with Crippen molar-refractivity contribution in [3.63, 3.8) is 0 Å². The van der Waals surface area contributed by atoms with E-state index in [0.717, 1.165) is 11.3 Å². The topological polar surface area (TPSA) is 39.2 Å². The lowest BCUT2D eigenvalue weighted by Crippen LogP contribution is -2.29. The van der Waals surface area contributed by atoms with Gasteiger partial charge in [0, 0.05) is 12.6 Å². The van der Waals surface area contributed by atoms with Crippen LogP contribution in [0, 0.1) is 6.92 Å². The summed E-state index contributed by atoms with van der Waals surface area (Å²) in [6.07, 6.45) is 1.50. The number of aryl methyl sites for hydroxylation is 1. The maximum atomic E-state index is 13.9. The van der Waals surface area contributed by atoms with Crippen molar-refractivity contribution in [3.8, 4) is 5.75 Å². The highest BCUT2D eigenvalue weighted by molar-refractivity contribution is 5.99. The zero-order valence-electron chi connectivity index (χ0n) is 13.0. The molecule has 0 aliphatic carbocycles. The van der Waals surface area contributed by atoms with Gasteiger partial charge in [-0.3, -0.25) is 9.78 Å². The van der Waals surface area contributed by atoms with E-state index >= 15 is 0 Å². The molecule has 23 heavy (non-hydrogen) atoms. The summed E-state index contributed by atoms with van der Waals surface area (Å²) in [5.41, 5.74) is 0.878. The number of carbonyl (C=O) groups is 1. The summed E-state index contributed by atoms with van der Waals surface area (Å²) in [6.45, 7) is 2.30. The van der Waals surface area contributed by atoms with E-state index in [1.165, 1.54) is 18.3 Å². The highest BCUT2D eigenvalue weighted by Gasteiger charge is 2.39. The third kappa shape index (κ3) is 5.13. The second kappa shape index (κ2) is 7.81. The Morgan fingerprint density at radius 3 is 2.70 bits per heavy atom. The van der Waals surface area contributed by atoms with Crippen LogP contribution in [0.4, 0.5) is 8.78 Å². The number of carbonyl (C=O) groups excluding carboxylic acids is 1. The molecule has 1 aromatic carbocycles. The van der Waals surface area contributed by atoms with Gasteiger partial charge in [-0.05, 0) is 49.6 Å². The number of ether oxygens (including phenoxy) is 1. The fraction of sp³-hybridized carbons (Fsp3) is 0.333. The van der Waals surface area contributed by atoms with Gasteiger partial charge in [0.05, 0.1) is 6.61 Å². The molecule has 0 N–H and O–H groups in total. The number of benzene rings is 1. The van der Waals surface area contributed by atoms with Crippen molar-refractivity contribution in [2.45, 2.75) is 32.1 Å². The minimum atomic E-state index is -3.39. The molecule has 5 heteroatoms. The van der Waals surface area contributed by atoms with Crippen LogP contribution < -0.4 is 4.74 Å². The molecule has 0 bridgehead atoms. The molecule has 0 radical (unpaired) electrons. The van der Waals surface area contributed by atoms with Crippen LogP contribution in [0.3, 0.4) is 0 Å². The van der Waals surface area contributed by atoms with Gasteiger partial charge in [0.2, 0.25) is 5.78 Å². The number of unbranched alkanes of at least 4 members (excludes halogenated alkanes) is 1. The van der Waals surface area contributed by atoms with E-state index in [0.29, 0.717) is 13.0 Å². The van der Waals surface area contributed by atoms with Gasteiger partial charge in [-0.25, -0.2) is 0 Å². The molecule has 0 unspecified atom stereocenters. The number of nitrogens with zero attached hydrogens (tertiary/aromatic N) is 1. The number of hydrogen-bond donors (Lipinski definition) is 0. The number of rotatable bonds is 8. The summed E-state index contributed by atoms with van der Waals surface area (Å²) < 4.78 is 33.3. The number of ketones is 1. The molecule has 1 aromatic heterocycles. The zero-order valence-corrected chi connectivity index (χ0v) is 13.0. The first kappa shape index (κ1) is 17.1. The van der Waals surface area contributed by atoms with Crippen LogP contribution in [0.2, 0.25) is 0 Å². The number of Topliss-reactive ketones (excluding diaryl/α,β-unsaturated/α-hetero) is 1. The van der Waals surface area contributed by atoms with Gasteiger partial charge in [-0.2, -0.15) is 8.78 Å². The summed E-state index contributed by atoms with van der Waals surface area (Å²) in [5.74, 6) is -3.89. The number of alkyl halides is 2. The Morgan fingerprint density at radius 1 is 1.17 bits per heavy atom. The molecular weight excluding hydrogens is 300 g/mol. The number of pyridine rings is 1. The molecule has 0 aliphatic heterocycles. The van der Waals surface area contributed by atoms with Gasteiger partial charge >= 0.3 is 5.92 Å². The lowest BCUT2D eigenvalue weighted by atomic mass is 10.0. The molecule has 0 fully saturated rings. The largest absolute Gasteiger partial charge is 0.494 e. The van der Waals surface area contributed by atoms with Crippen LogP contribution in [0.25, 0.3) is 0 Å². The van der Waals surface area contributed by atoms with Gasteiger partial charge < -0.3 is 4.74 Å². The van der Waals surface area contributed by atoms with Crippen LogP contribution in [0.5, 0.6) is 5.75 Å². The molecule has 122 valence electrons. The second-order valence-corrected chi connectivity index (χ2v) is 5.37. The van der Waals surface area contributed by atoms with Crippen molar-refractivity contribution in [3.05, 3.63) is 59.9 Å². The quantitative estimate of drug-likeness (QED) is 0.533. The third-order valence-electron chi connectivity index (χ3n) is 3.37. The van der Waals surface area contributed by atoms with Gasteiger partial charge in [0.1, 0.15) is 11.4 Å². The number of hydrogen-bond acceptors (Lipinski definition) is 3. The molecular formula is C18H19F2NO2. The van der Waals surface area contributed by atoms with Gasteiger partial charge in [-0.1, -0.05) is 18.2 Å². The van der Waals surface area contributed by atoms with Gasteiger partial charge in [0.25, 0.3) is 0 Å². The fourth-order valence-electron chi connectivity index (χ4n) is 2.14. The third-order valence-corrected chi connectivity index (χ3v) is 3.37. The lowest BCUT2D eigenvalue weighted by molar-refractivity contribution is 0.00251. The van der Waals surface area contributed by atoms with E-state index in [1.807, 2.05) is 31.2 Å². The molecule has 2 aromatic rings. The van der Waals surface area contributed by atoms with Crippen molar-refractivity contribution >= 4 is 5.78 Å². The summed E-state index contributed by atoms with van der Waals surface area (Å²) in [7, 11) is 0. The van der Waals surface area contributed by atoms with Gasteiger partial charge in [0.15, 0.2) is 0 Å². The lowest BCUT2D eigenvalue weighted by Gasteiger charge is -2.14. The Labute approximate surface area is 134 Å². The summed E-state index contributed by atoms with van der Waals surface area (Å²) >= 11 is 0. The van der Waals surface area contributed by atoms with Crippen LogP contribution in [0.1, 0.15) is 35.3 Å². The standard InChI is InChI=1S/C18H19F2NO2/c1-14-7-6-8-15(13-14)23-12-5-3-10-18(19,20)17(22)16-9-2-4-11-21-16/h2,4,6-9,11,13H,3,5,10,12H2,1H3. The minimum Gasteiger partial charge on any atom is -0.494 e. The van der Waals surface area contributed by atoms with Crippen molar-refractivity contribution in [1.82, 2.24) is 4.98 Å². The van der Waals surface area contributed by atoms with E-state index in [-0.39, 0.29) is 12.1 Å². The summed E-state index contributed by atoms with van der Waals surface area (Å²) in [4.78, 5) is 15.4. The van der Waals surface area contributed by atoms with E-state index in [9.17, 15) is 13.6 Å². The Morgan fingerprint density at radius 2 is 2.00 bits per heavy atom. The first-order chi connectivity index (χ1) is 11.0. The van der Waals surface area contributed by atoms with Crippen LogP contribution >= 0.6 is 0 Å². The normalized spacial score (nSPS) is 11.3. The first-order valence-corrected chi connectivity index (χ1v) is 7.52. The molecule has 3 nitrogen and oxygen atoms in total. The van der Waals surface area contributed by atoms with E-state index < -0.39 is 18.1 Å². The van der Waals surface area contributed by atoms with Crippen LogP contribution in [-0.4, -0.2) is 23.3 Å². The van der Waals surface area contributed by atoms with Gasteiger partial charge in [-0.15, -0.1) is 0 Å². The maximum Gasteiger partial charge on any atom is 0.311 e. The van der Waals surface area contributed by atoms with Crippen molar-refractivity contribution in [2.75, 3.05) is 6.61 Å². The van der Waals surface area contributed by atoms with Crippen LogP contribution in [0.15, 0.2) is 48.7 Å². The van der Waals surface area contributed by atoms with Crippen LogP contribution in [-0.2, 0) is 0 Å². The molecule has 0 amide bonds. The van der Waals surface area contributed by atoms with Crippen molar-refractivity contribution < 1.29 is 18.3 Å². The molecule has 2 rings (SSSR count). The fourth-order valence-corrected chi connectivity index (χ4v) is 2.14. The number of aromatic nitrogens is 1. The molecule has 0 spiro atoms. The van der Waals surface area contributed by atoms with E-state index in [1.54, 1.807) is 6.07 Å². The Kier molecular flexibility index (Phi) is 5.79. The van der Waals surface area contributed by atoms with E-state index in [4.69, 9.17) is 4.74 Å². The zero-order chi connectivity index (χ0) is 16.7. The van der Waals surface area contributed by atoms with E-state index in [2.05, 4.69) is 4.98 Å². The summed E-state index contributed by atoms with van der Waals surface area (Å²) in [6, 6.07) is 12.0. The molecule has 0 saturated heterocycles. The maximum absolute atomic E-state index is 13.9. The molecule has 0 aliphatic rings. The molecule has 1 heterocycles. The monoisotopic (exact) mass is 319 g/mol. The average molecular weight is 319 g/mol. The Balaban J connectivity index is 1.75. The minimum absolute atomic E-state index is 0.200. The smallest absolute Gasteiger partial charge is 0.311 e. The highest BCUT2D eigenvalue weighted by Crippen LogP contribution is 2.25. The van der Waals surface area contributed by atoms with Crippen molar-refractivity contribution in [2.24, 2.45) is 0 Å². The average Bonchev–Trinajstić information content (AvgIpc) is 2.54. The number of halogens is 2. The first-order valence-electron chi connectivity index (χ1n) is 7.52. The predicted molar refractivity (Wildman–Crippen MR) is 84.0 cm³/mol. The summed E-state index contributed by atoms with van der Waals surface area (Å²) in [5, 5.41) is 0. The second-order valence-electron chi connectivity index (χ2n) is 5.37. The molecule has 0 atom stereocenters.